The van der Waals surface area contributed by atoms with E-state index in [9.17, 15) is 23.5 Å². The fourth-order valence-corrected chi connectivity index (χ4v) is 2.93. The van der Waals surface area contributed by atoms with Gasteiger partial charge in [-0.1, -0.05) is 12.1 Å². The number of amides is 2. The molecule has 0 saturated heterocycles. The minimum Gasteiger partial charge on any atom is -0.507 e. The lowest BCUT2D eigenvalue weighted by atomic mass is 10.1. The average Bonchev–Trinajstić information content (AvgIpc) is 2.71. The van der Waals surface area contributed by atoms with Gasteiger partial charge in [-0.3, -0.25) is 9.59 Å². The van der Waals surface area contributed by atoms with Crippen LogP contribution in [0.3, 0.4) is 0 Å². The van der Waals surface area contributed by atoms with E-state index in [4.69, 9.17) is 0 Å². The number of nitrogens with one attached hydrogen (secondary N) is 1. The second kappa shape index (κ2) is 6.95. The summed E-state index contributed by atoms with van der Waals surface area (Å²) < 4.78 is 27.0. The van der Waals surface area contributed by atoms with Crippen molar-refractivity contribution in [1.82, 2.24) is 5.32 Å². The Morgan fingerprint density at radius 3 is 2.50 bits per heavy atom. The summed E-state index contributed by atoms with van der Waals surface area (Å²) in [6.07, 6.45) is -0.335. The van der Waals surface area contributed by atoms with Gasteiger partial charge >= 0.3 is 0 Å². The van der Waals surface area contributed by atoms with Gasteiger partial charge in [-0.2, -0.15) is 0 Å². The molecule has 1 aliphatic rings. The maximum absolute atomic E-state index is 13.5. The first-order chi connectivity index (χ1) is 12.4. The molecule has 0 aromatic heterocycles. The van der Waals surface area contributed by atoms with Gasteiger partial charge in [-0.25, -0.2) is 8.78 Å². The molecule has 5 nitrogen and oxygen atoms in total. The van der Waals surface area contributed by atoms with Gasteiger partial charge in [0.15, 0.2) is 0 Å². The first kappa shape index (κ1) is 17.6. The third kappa shape index (κ3) is 3.28. The van der Waals surface area contributed by atoms with Gasteiger partial charge in [0.2, 0.25) is 5.91 Å². The molecule has 0 radical (unpaired) electrons. The van der Waals surface area contributed by atoms with Crippen LogP contribution in [0.5, 0.6) is 0 Å². The van der Waals surface area contributed by atoms with Gasteiger partial charge in [0.1, 0.15) is 17.4 Å². The summed E-state index contributed by atoms with van der Waals surface area (Å²) in [7, 11) is 1.40. The topological polar surface area (TPSA) is 69.6 Å². The number of likely N-dealkylation sites (N-methyl/N-ethyl adjacent to an activating group) is 1. The zero-order valence-electron chi connectivity index (χ0n) is 13.9. The van der Waals surface area contributed by atoms with E-state index in [1.165, 1.54) is 11.9 Å². The molecule has 1 heterocycles. The van der Waals surface area contributed by atoms with Gasteiger partial charge in [0, 0.05) is 18.7 Å². The highest BCUT2D eigenvalue weighted by Crippen LogP contribution is 2.34. The van der Waals surface area contributed by atoms with Crippen LogP contribution in [0.2, 0.25) is 0 Å². The first-order valence-electron chi connectivity index (χ1n) is 7.89. The normalized spacial score (nSPS) is 14.1. The molecule has 7 heteroatoms. The Balaban J connectivity index is 2.08. The van der Waals surface area contributed by atoms with E-state index in [0.29, 0.717) is 11.3 Å². The van der Waals surface area contributed by atoms with E-state index in [2.05, 4.69) is 5.32 Å². The number of anilines is 1. The van der Waals surface area contributed by atoms with Crippen LogP contribution in [0.25, 0.3) is 5.76 Å². The number of nitrogens with zero attached hydrogens (tertiary/aromatic N) is 1. The van der Waals surface area contributed by atoms with Gasteiger partial charge in [-0.05, 0) is 29.8 Å². The Hall–Kier alpha value is -3.22. The number of carbonyl (C=O) groups is 2. The molecule has 0 atom stereocenters. The largest absolute Gasteiger partial charge is 0.507 e. The van der Waals surface area contributed by atoms with Crippen molar-refractivity contribution in [2.75, 3.05) is 11.9 Å². The molecule has 0 aliphatic carbocycles. The minimum absolute atomic E-state index is 0.0575. The van der Waals surface area contributed by atoms with E-state index < -0.39 is 23.4 Å². The number of benzene rings is 2. The number of hydrogen-bond donors (Lipinski definition) is 2. The fourth-order valence-electron chi connectivity index (χ4n) is 2.93. The van der Waals surface area contributed by atoms with E-state index in [0.717, 1.165) is 18.2 Å². The van der Waals surface area contributed by atoms with Crippen LogP contribution in [0.15, 0.2) is 48.0 Å². The van der Waals surface area contributed by atoms with Crippen molar-refractivity contribution < 1.29 is 23.5 Å². The van der Waals surface area contributed by atoms with Crippen molar-refractivity contribution in [3.8, 4) is 0 Å². The highest BCUT2D eigenvalue weighted by Gasteiger charge is 2.30. The Morgan fingerprint density at radius 1 is 1.19 bits per heavy atom. The molecule has 26 heavy (non-hydrogen) atoms. The van der Waals surface area contributed by atoms with E-state index >= 15 is 0 Å². The number of rotatable bonds is 3. The summed E-state index contributed by atoms with van der Waals surface area (Å²) in [6.45, 7) is -0.0984. The minimum atomic E-state index is -0.748. The first-order valence-corrected chi connectivity index (χ1v) is 7.89. The molecule has 0 unspecified atom stereocenters. The molecular formula is C19H16F2N2O3. The van der Waals surface area contributed by atoms with Crippen molar-refractivity contribution in [3.05, 3.63) is 70.8 Å². The van der Waals surface area contributed by atoms with E-state index in [1.54, 1.807) is 24.3 Å². The molecule has 0 saturated carbocycles. The third-order valence-corrected chi connectivity index (χ3v) is 4.13. The van der Waals surface area contributed by atoms with Gasteiger partial charge in [-0.15, -0.1) is 0 Å². The van der Waals surface area contributed by atoms with Crippen LogP contribution in [0.4, 0.5) is 14.5 Å². The van der Waals surface area contributed by atoms with E-state index in [-0.39, 0.29) is 29.9 Å². The third-order valence-electron chi connectivity index (χ3n) is 4.13. The molecule has 134 valence electrons. The summed E-state index contributed by atoms with van der Waals surface area (Å²) in [5.74, 6) is -2.82. The molecule has 0 fully saturated rings. The zero-order valence-corrected chi connectivity index (χ0v) is 13.9. The summed E-state index contributed by atoms with van der Waals surface area (Å²) in [5.41, 5.74) is 0.860. The standard InChI is InChI=1S/C19H16F2N2O3/c1-22-19(26)15-9-17(24)23(10-11-6-12(20)8-13(21)7-11)16-5-3-2-4-14(16)18(15)25/h2-8,25H,9-10H2,1H3,(H,22,26). The van der Waals surface area contributed by atoms with Crippen LogP contribution in [0.1, 0.15) is 17.5 Å². The number of aliphatic hydroxyl groups is 1. The maximum Gasteiger partial charge on any atom is 0.251 e. The molecule has 2 N–H and O–H groups in total. The smallest absolute Gasteiger partial charge is 0.251 e. The summed E-state index contributed by atoms with van der Waals surface area (Å²) in [5, 5.41) is 12.9. The van der Waals surface area contributed by atoms with Crippen molar-refractivity contribution in [3.63, 3.8) is 0 Å². The lowest BCUT2D eigenvalue weighted by Gasteiger charge is -2.23. The summed E-state index contributed by atoms with van der Waals surface area (Å²) >= 11 is 0. The summed E-state index contributed by atoms with van der Waals surface area (Å²) in [6, 6.07) is 9.53. The van der Waals surface area contributed by atoms with Crippen LogP contribution >= 0.6 is 0 Å². The maximum atomic E-state index is 13.5. The SMILES string of the molecule is CNC(=O)C1=C(O)c2ccccc2N(Cc2cc(F)cc(F)c2)C(=O)C1. The Bertz CT molecular complexity index is 905. The molecule has 2 aromatic rings. The molecular weight excluding hydrogens is 342 g/mol. The second-order valence-electron chi connectivity index (χ2n) is 5.86. The van der Waals surface area contributed by atoms with Gasteiger partial charge in [0.25, 0.3) is 5.91 Å². The fraction of sp³-hybridized carbons (Fsp3) is 0.158. The van der Waals surface area contributed by atoms with Gasteiger partial charge < -0.3 is 15.3 Å². The Kier molecular flexibility index (Phi) is 4.71. The van der Waals surface area contributed by atoms with Crippen LogP contribution in [-0.2, 0) is 16.1 Å². The lowest BCUT2D eigenvalue weighted by molar-refractivity contribution is -0.121. The van der Waals surface area contributed by atoms with Crippen molar-refractivity contribution >= 4 is 23.3 Å². The van der Waals surface area contributed by atoms with Crippen molar-refractivity contribution in [1.29, 1.82) is 0 Å². The van der Waals surface area contributed by atoms with Crippen LogP contribution < -0.4 is 10.2 Å². The molecule has 2 aromatic carbocycles. The number of carbonyl (C=O) groups excluding carboxylic acids is 2. The average molecular weight is 358 g/mol. The second-order valence-corrected chi connectivity index (χ2v) is 5.86. The Morgan fingerprint density at radius 2 is 1.85 bits per heavy atom. The highest BCUT2D eigenvalue weighted by atomic mass is 19.1. The van der Waals surface area contributed by atoms with Crippen LogP contribution in [0, 0.1) is 11.6 Å². The zero-order chi connectivity index (χ0) is 18.8. The molecule has 2 amide bonds. The lowest BCUT2D eigenvalue weighted by Crippen LogP contribution is -2.31. The molecule has 0 bridgehead atoms. The predicted octanol–water partition coefficient (Wildman–Crippen LogP) is 2.92. The summed E-state index contributed by atoms with van der Waals surface area (Å²) in [4.78, 5) is 26.1. The number of fused-ring (bicyclic) bond motifs is 1. The van der Waals surface area contributed by atoms with Crippen molar-refractivity contribution in [2.24, 2.45) is 0 Å². The van der Waals surface area contributed by atoms with E-state index in [1.807, 2.05) is 0 Å². The van der Waals surface area contributed by atoms with Crippen LogP contribution in [-0.4, -0.2) is 24.0 Å². The number of aliphatic hydroxyl groups excluding tert-OH is 1. The monoisotopic (exact) mass is 358 g/mol. The number of para-hydroxylation sites is 1. The molecule has 1 aliphatic heterocycles. The quantitative estimate of drug-likeness (QED) is 0.886. The predicted molar refractivity (Wildman–Crippen MR) is 92.2 cm³/mol. The Labute approximate surface area is 148 Å². The van der Waals surface area contributed by atoms with Crippen molar-refractivity contribution in [2.45, 2.75) is 13.0 Å². The molecule has 0 spiro atoms. The molecule has 3 rings (SSSR count). The highest BCUT2D eigenvalue weighted by molar-refractivity contribution is 6.10. The number of halogens is 2. The van der Waals surface area contributed by atoms with Gasteiger partial charge in [0.05, 0.1) is 24.2 Å². The number of hydrogen-bond acceptors (Lipinski definition) is 3.